The first-order valence-corrected chi connectivity index (χ1v) is 15.4. The Bertz CT molecular complexity index is 1370. The summed E-state index contributed by atoms with van der Waals surface area (Å²) in [7, 11) is 0. The highest BCUT2D eigenvalue weighted by molar-refractivity contribution is 6.42. The van der Waals surface area contributed by atoms with Gasteiger partial charge in [-0.15, -0.1) is 29.9 Å². The van der Waals surface area contributed by atoms with Crippen molar-refractivity contribution in [1.29, 1.82) is 0 Å². The highest BCUT2D eigenvalue weighted by atomic mass is 35.5. The molecule has 3 fully saturated rings. The van der Waals surface area contributed by atoms with Gasteiger partial charge in [0, 0.05) is 42.9 Å². The molecular formula is C28H39Cl4N9O2. The maximum Gasteiger partial charge on any atom is 0.430 e. The number of hydrogen-bond acceptors (Lipinski definition) is 9. The highest BCUT2D eigenvalue weighted by Gasteiger charge is 2.27. The predicted octanol–water partition coefficient (Wildman–Crippen LogP) is 6.81. The second-order valence-corrected chi connectivity index (χ2v) is 12.2. The number of benzene rings is 1. The normalized spacial score (nSPS) is 21.6. The van der Waals surface area contributed by atoms with E-state index in [1.54, 1.807) is 23.3 Å². The number of carbonyl (C=O) groups excluding carboxylic acids is 1. The van der Waals surface area contributed by atoms with E-state index in [2.05, 4.69) is 20.5 Å². The molecule has 43 heavy (non-hydrogen) atoms. The van der Waals surface area contributed by atoms with E-state index in [1.807, 2.05) is 6.33 Å². The van der Waals surface area contributed by atoms with Crippen molar-refractivity contribution in [2.24, 2.45) is 5.73 Å². The summed E-state index contributed by atoms with van der Waals surface area (Å²) in [5.41, 5.74) is 8.32. The van der Waals surface area contributed by atoms with Crippen molar-refractivity contribution in [3.05, 3.63) is 34.6 Å². The number of carbonyl (C=O) groups is 1. The van der Waals surface area contributed by atoms with Crippen molar-refractivity contribution in [2.45, 2.75) is 88.4 Å². The fourth-order valence-corrected chi connectivity index (χ4v) is 6.39. The molecule has 15 heteroatoms. The number of rotatable bonds is 7. The Morgan fingerprint density at radius 1 is 0.907 bits per heavy atom. The number of hydroxylamine groups is 2. The lowest BCUT2D eigenvalue weighted by Gasteiger charge is -2.31. The first-order chi connectivity index (χ1) is 19.9. The topological polar surface area (TPSA) is 135 Å². The quantitative estimate of drug-likeness (QED) is 0.213. The van der Waals surface area contributed by atoms with Gasteiger partial charge < -0.3 is 25.8 Å². The van der Waals surface area contributed by atoms with Gasteiger partial charge >= 0.3 is 6.09 Å². The average Bonchev–Trinajstić information content (AvgIpc) is 3.64. The number of aromatic nitrogens is 4. The van der Waals surface area contributed by atoms with Gasteiger partial charge in [0.1, 0.15) is 0 Å². The lowest BCUT2D eigenvalue weighted by atomic mass is 9.92. The standard InChI is InChI=1S/C28H37Cl2N9O2.2ClH/c29-22-10-9-20(15-23(22)30)35-28(40)41-38-13-11-19(12-14-38)33-25-24-26(39(16-32-24)21-3-1-2-4-21)37-27(36-25)34-18-7-5-17(31)6-8-18;;/h9-10,15-19,21H,1-8,11-14,31H2,(H,35,40)(H2,33,34,36,37);2*1H/t17-,18-;;. The number of hydrogen-bond donors (Lipinski definition) is 4. The van der Waals surface area contributed by atoms with Crippen LogP contribution in [-0.4, -0.2) is 61.9 Å². The number of imidazole rings is 1. The number of nitrogens with one attached hydrogen (secondary N) is 3. The van der Waals surface area contributed by atoms with E-state index in [-0.39, 0.29) is 36.9 Å². The SMILES string of the molecule is Cl.Cl.N[C@H]1CC[C@H](Nc2nc(NC3CCN(OC(=O)Nc4ccc(Cl)c(Cl)c4)CC3)c3ncn(C4CCCC4)c3n2)CC1. The van der Waals surface area contributed by atoms with Crippen molar-refractivity contribution >= 4 is 82.7 Å². The smallest absolute Gasteiger partial charge is 0.365 e. The molecule has 2 aromatic heterocycles. The number of nitrogens with two attached hydrogens (primary N) is 1. The Labute approximate surface area is 273 Å². The van der Waals surface area contributed by atoms with Gasteiger partial charge in [0.15, 0.2) is 17.0 Å². The second kappa shape index (κ2) is 15.1. The lowest BCUT2D eigenvalue weighted by molar-refractivity contribution is -0.106. The minimum Gasteiger partial charge on any atom is -0.365 e. The Morgan fingerprint density at radius 3 is 2.30 bits per heavy atom. The highest BCUT2D eigenvalue weighted by Crippen LogP contribution is 2.34. The summed E-state index contributed by atoms with van der Waals surface area (Å²) in [6.45, 7) is 1.18. The Morgan fingerprint density at radius 2 is 1.60 bits per heavy atom. The molecule has 2 aliphatic carbocycles. The zero-order valence-electron chi connectivity index (χ0n) is 23.8. The van der Waals surface area contributed by atoms with Crippen LogP contribution < -0.4 is 21.7 Å². The minimum atomic E-state index is -0.566. The molecule has 1 aliphatic heterocycles. The van der Waals surface area contributed by atoms with Gasteiger partial charge in [-0.3, -0.25) is 5.32 Å². The lowest BCUT2D eigenvalue weighted by Crippen LogP contribution is -2.41. The first kappa shape index (κ1) is 33.6. The summed E-state index contributed by atoms with van der Waals surface area (Å²) in [6, 6.07) is 6.08. The molecule has 3 aromatic rings. The molecule has 0 bridgehead atoms. The van der Waals surface area contributed by atoms with Crippen LogP contribution in [0, 0.1) is 0 Å². The number of halogens is 4. The van der Waals surface area contributed by atoms with Crippen LogP contribution in [0.1, 0.15) is 70.3 Å². The molecule has 3 heterocycles. The Balaban J connectivity index is 0.00000212. The summed E-state index contributed by atoms with van der Waals surface area (Å²) in [6.07, 6.45) is 11.7. The fourth-order valence-electron chi connectivity index (χ4n) is 6.09. The number of piperidine rings is 1. The van der Waals surface area contributed by atoms with E-state index in [9.17, 15) is 4.79 Å². The molecule has 0 atom stereocenters. The molecular weight excluding hydrogens is 636 g/mol. The molecule has 5 N–H and O–H groups in total. The van der Waals surface area contributed by atoms with Gasteiger partial charge in [-0.25, -0.2) is 9.78 Å². The molecule has 3 aliphatic rings. The molecule has 2 saturated carbocycles. The van der Waals surface area contributed by atoms with Crippen LogP contribution in [0.4, 0.5) is 22.2 Å². The van der Waals surface area contributed by atoms with Crippen molar-refractivity contribution < 1.29 is 9.63 Å². The van der Waals surface area contributed by atoms with Gasteiger partial charge in [0.05, 0.1) is 16.4 Å². The summed E-state index contributed by atoms with van der Waals surface area (Å²) >= 11 is 12.0. The van der Waals surface area contributed by atoms with E-state index in [1.165, 1.54) is 12.8 Å². The molecule has 0 unspecified atom stereocenters. The average molecular weight is 675 g/mol. The monoisotopic (exact) mass is 673 g/mol. The molecule has 6 rings (SSSR count). The predicted molar refractivity (Wildman–Crippen MR) is 176 cm³/mol. The van der Waals surface area contributed by atoms with Crippen LogP contribution in [0.25, 0.3) is 11.2 Å². The summed E-state index contributed by atoms with van der Waals surface area (Å²) in [5.74, 6) is 1.39. The van der Waals surface area contributed by atoms with E-state index in [4.69, 9.17) is 48.7 Å². The molecule has 236 valence electrons. The Hall–Kier alpha value is -2.28. The Kier molecular flexibility index (Phi) is 11.8. The van der Waals surface area contributed by atoms with Crippen molar-refractivity contribution in [2.75, 3.05) is 29.0 Å². The van der Waals surface area contributed by atoms with Gasteiger partial charge in [-0.1, -0.05) is 36.0 Å². The summed E-state index contributed by atoms with van der Waals surface area (Å²) in [5, 5.41) is 12.4. The van der Waals surface area contributed by atoms with Crippen molar-refractivity contribution in [3.8, 4) is 0 Å². The van der Waals surface area contributed by atoms with Crippen LogP contribution in [0.5, 0.6) is 0 Å². The molecule has 1 amide bonds. The van der Waals surface area contributed by atoms with Crippen LogP contribution in [-0.2, 0) is 4.84 Å². The summed E-state index contributed by atoms with van der Waals surface area (Å²) in [4.78, 5) is 32.6. The van der Waals surface area contributed by atoms with E-state index >= 15 is 0 Å². The van der Waals surface area contributed by atoms with Gasteiger partial charge in [-0.2, -0.15) is 9.97 Å². The maximum atomic E-state index is 12.4. The molecule has 0 spiro atoms. The van der Waals surface area contributed by atoms with Crippen LogP contribution >= 0.6 is 48.0 Å². The first-order valence-electron chi connectivity index (χ1n) is 14.6. The minimum absolute atomic E-state index is 0. The number of amides is 1. The van der Waals surface area contributed by atoms with Crippen LogP contribution in [0.15, 0.2) is 24.5 Å². The van der Waals surface area contributed by atoms with Gasteiger partial charge in [-0.05, 0) is 69.6 Å². The third-order valence-corrected chi connectivity index (χ3v) is 9.16. The third-order valence-electron chi connectivity index (χ3n) is 8.42. The number of nitrogens with zero attached hydrogens (tertiary/aromatic N) is 5. The van der Waals surface area contributed by atoms with Gasteiger partial charge in [0.2, 0.25) is 5.95 Å². The largest absolute Gasteiger partial charge is 0.430 e. The van der Waals surface area contributed by atoms with Gasteiger partial charge in [0.25, 0.3) is 0 Å². The number of fused-ring (bicyclic) bond motifs is 1. The maximum absolute atomic E-state index is 12.4. The zero-order valence-corrected chi connectivity index (χ0v) is 27.0. The third kappa shape index (κ3) is 8.26. The van der Waals surface area contributed by atoms with E-state index in [0.717, 1.165) is 68.3 Å². The fraction of sp³-hybridized carbons (Fsp3) is 0.571. The summed E-state index contributed by atoms with van der Waals surface area (Å²) < 4.78 is 2.24. The molecule has 1 saturated heterocycles. The second-order valence-electron chi connectivity index (χ2n) is 11.4. The molecule has 1 aromatic carbocycles. The van der Waals surface area contributed by atoms with E-state index < -0.39 is 6.09 Å². The van der Waals surface area contributed by atoms with Crippen molar-refractivity contribution in [1.82, 2.24) is 24.6 Å². The van der Waals surface area contributed by atoms with Crippen LogP contribution in [0.3, 0.4) is 0 Å². The van der Waals surface area contributed by atoms with Crippen LogP contribution in [0.2, 0.25) is 10.0 Å². The molecule has 0 radical (unpaired) electrons. The van der Waals surface area contributed by atoms with Crippen molar-refractivity contribution in [3.63, 3.8) is 0 Å². The van der Waals surface area contributed by atoms with E-state index in [0.29, 0.717) is 46.9 Å². The number of anilines is 3. The zero-order chi connectivity index (χ0) is 28.3. The molecule has 11 nitrogen and oxygen atoms in total.